The summed E-state index contributed by atoms with van der Waals surface area (Å²) in [6.45, 7) is 8.04. The number of rotatable bonds is 5. The molecule has 0 aliphatic rings. The Bertz CT molecular complexity index is 636. The van der Waals surface area contributed by atoms with Crippen molar-refractivity contribution in [1.29, 1.82) is 0 Å². The SMILES string of the molecule is CN=C(NCc1ccccn1)NCC(C)(C)c1ccc(C)cc1.I. The molecule has 2 aromatic rings. The summed E-state index contributed by atoms with van der Waals surface area (Å²) in [4.78, 5) is 8.59. The van der Waals surface area contributed by atoms with Crippen LogP contribution in [0.3, 0.4) is 0 Å². The van der Waals surface area contributed by atoms with E-state index in [2.05, 4.69) is 65.6 Å². The van der Waals surface area contributed by atoms with Crippen LogP contribution in [0.25, 0.3) is 0 Å². The monoisotopic (exact) mass is 438 g/mol. The topological polar surface area (TPSA) is 49.3 Å². The minimum absolute atomic E-state index is 0. The Hall–Kier alpha value is -1.63. The van der Waals surface area contributed by atoms with E-state index in [1.807, 2.05) is 18.2 Å². The van der Waals surface area contributed by atoms with E-state index >= 15 is 0 Å². The number of nitrogens with one attached hydrogen (secondary N) is 2. The molecule has 1 aromatic heterocycles. The van der Waals surface area contributed by atoms with Crippen molar-refractivity contribution in [3.05, 3.63) is 65.5 Å². The standard InChI is InChI=1S/C19H26N4.HI/c1-15-8-10-16(11-9-15)19(2,3)14-23-18(20-4)22-13-17-7-5-6-12-21-17;/h5-12H,13-14H2,1-4H3,(H2,20,22,23);1H. The predicted molar refractivity (Wildman–Crippen MR) is 112 cm³/mol. The van der Waals surface area contributed by atoms with Crippen molar-refractivity contribution < 1.29 is 0 Å². The molecule has 0 saturated carbocycles. The van der Waals surface area contributed by atoms with Crippen LogP contribution in [0, 0.1) is 6.92 Å². The van der Waals surface area contributed by atoms with Crippen molar-refractivity contribution in [2.24, 2.45) is 4.99 Å². The maximum atomic E-state index is 4.30. The highest BCUT2D eigenvalue weighted by atomic mass is 127. The second kappa shape index (κ2) is 9.61. The molecule has 4 nitrogen and oxygen atoms in total. The first kappa shape index (κ1) is 20.4. The van der Waals surface area contributed by atoms with E-state index in [-0.39, 0.29) is 29.4 Å². The van der Waals surface area contributed by atoms with E-state index in [1.165, 1.54) is 11.1 Å². The molecule has 1 heterocycles. The van der Waals surface area contributed by atoms with E-state index in [1.54, 1.807) is 13.2 Å². The molecular weight excluding hydrogens is 411 g/mol. The zero-order chi connectivity index (χ0) is 16.7. The zero-order valence-corrected chi connectivity index (χ0v) is 17.2. The zero-order valence-electron chi connectivity index (χ0n) is 14.8. The minimum Gasteiger partial charge on any atom is -0.356 e. The van der Waals surface area contributed by atoms with E-state index in [0.717, 1.165) is 18.2 Å². The number of guanidine groups is 1. The number of aliphatic imine (C=N–C) groups is 1. The van der Waals surface area contributed by atoms with Gasteiger partial charge < -0.3 is 10.6 Å². The van der Waals surface area contributed by atoms with Crippen LogP contribution in [0.5, 0.6) is 0 Å². The van der Waals surface area contributed by atoms with Gasteiger partial charge in [-0.2, -0.15) is 0 Å². The lowest BCUT2D eigenvalue weighted by atomic mass is 9.84. The molecular formula is C19H27IN4. The van der Waals surface area contributed by atoms with Crippen LogP contribution >= 0.6 is 24.0 Å². The van der Waals surface area contributed by atoms with Crippen LogP contribution in [0.2, 0.25) is 0 Å². The first-order valence-corrected chi connectivity index (χ1v) is 7.93. The molecule has 0 saturated heterocycles. The molecule has 130 valence electrons. The van der Waals surface area contributed by atoms with Crippen molar-refractivity contribution in [1.82, 2.24) is 15.6 Å². The van der Waals surface area contributed by atoms with Gasteiger partial charge in [-0.25, -0.2) is 0 Å². The third-order valence-electron chi connectivity index (χ3n) is 3.92. The number of hydrogen-bond acceptors (Lipinski definition) is 2. The van der Waals surface area contributed by atoms with Crippen LogP contribution < -0.4 is 10.6 Å². The summed E-state index contributed by atoms with van der Waals surface area (Å²) in [6, 6.07) is 14.6. The highest BCUT2D eigenvalue weighted by Gasteiger charge is 2.20. The quantitative estimate of drug-likeness (QED) is 0.426. The molecule has 1 aromatic carbocycles. The van der Waals surface area contributed by atoms with Crippen molar-refractivity contribution in [3.8, 4) is 0 Å². The smallest absolute Gasteiger partial charge is 0.191 e. The van der Waals surface area contributed by atoms with Crippen LogP contribution in [0.15, 0.2) is 53.7 Å². The second-order valence-corrected chi connectivity index (χ2v) is 6.35. The predicted octanol–water partition coefficient (Wildman–Crippen LogP) is 3.65. The molecule has 5 heteroatoms. The Morgan fingerprint density at radius 2 is 1.79 bits per heavy atom. The molecule has 24 heavy (non-hydrogen) atoms. The number of hydrogen-bond donors (Lipinski definition) is 2. The number of pyridine rings is 1. The van der Waals surface area contributed by atoms with Crippen molar-refractivity contribution in [3.63, 3.8) is 0 Å². The van der Waals surface area contributed by atoms with Gasteiger partial charge >= 0.3 is 0 Å². The summed E-state index contributed by atoms with van der Waals surface area (Å²) in [5.74, 6) is 0.788. The normalized spacial score (nSPS) is 11.6. The Morgan fingerprint density at radius 1 is 1.08 bits per heavy atom. The maximum Gasteiger partial charge on any atom is 0.191 e. The van der Waals surface area contributed by atoms with Crippen LogP contribution in [0.4, 0.5) is 0 Å². The fourth-order valence-electron chi connectivity index (χ4n) is 2.31. The summed E-state index contributed by atoms with van der Waals surface area (Å²) in [5.41, 5.74) is 3.62. The molecule has 2 rings (SSSR count). The van der Waals surface area contributed by atoms with Gasteiger partial charge in [0, 0.05) is 25.2 Å². The van der Waals surface area contributed by atoms with Gasteiger partial charge in [0.05, 0.1) is 12.2 Å². The van der Waals surface area contributed by atoms with Gasteiger partial charge in [0.1, 0.15) is 0 Å². The molecule has 0 amide bonds. The average molecular weight is 438 g/mol. The van der Waals surface area contributed by atoms with Crippen molar-refractivity contribution >= 4 is 29.9 Å². The summed E-state index contributed by atoms with van der Waals surface area (Å²) in [6.07, 6.45) is 1.80. The molecule has 0 aliphatic carbocycles. The summed E-state index contributed by atoms with van der Waals surface area (Å²) in [5, 5.41) is 6.70. The first-order chi connectivity index (χ1) is 11.0. The third kappa shape index (κ3) is 6.11. The first-order valence-electron chi connectivity index (χ1n) is 7.93. The maximum absolute atomic E-state index is 4.30. The van der Waals surface area contributed by atoms with E-state index in [4.69, 9.17) is 0 Å². The van der Waals surface area contributed by atoms with Gasteiger partial charge in [-0.1, -0.05) is 49.7 Å². The number of aromatic nitrogens is 1. The number of nitrogens with zero attached hydrogens (tertiary/aromatic N) is 2. The lowest BCUT2D eigenvalue weighted by molar-refractivity contribution is 0.508. The fraction of sp³-hybridized carbons (Fsp3) is 0.368. The van der Waals surface area contributed by atoms with Gasteiger partial charge in [0.15, 0.2) is 5.96 Å². The molecule has 0 atom stereocenters. The molecule has 0 unspecified atom stereocenters. The van der Waals surface area contributed by atoms with Crippen LogP contribution in [-0.4, -0.2) is 24.5 Å². The van der Waals surface area contributed by atoms with Gasteiger partial charge in [-0.3, -0.25) is 9.98 Å². The lowest BCUT2D eigenvalue weighted by Crippen LogP contribution is -2.43. The minimum atomic E-state index is 0. The van der Waals surface area contributed by atoms with Crippen molar-refractivity contribution in [2.45, 2.75) is 32.7 Å². The summed E-state index contributed by atoms with van der Waals surface area (Å²) < 4.78 is 0. The molecule has 0 radical (unpaired) electrons. The molecule has 0 bridgehead atoms. The summed E-state index contributed by atoms with van der Waals surface area (Å²) >= 11 is 0. The van der Waals surface area contributed by atoms with Crippen LogP contribution in [-0.2, 0) is 12.0 Å². The van der Waals surface area contributed by atoms with Gasteiger partial charge in [-0.15, -0.1) is 24.0 Å². The van der Waals surface area contributed by atoms with E-state index in [0.29, 0.717) is 6.54 Å². The van der Waals surface area contributed by atoms with E-state index < -0.39 is 0 Å². The third-order valence-corrected chi connectivity index (χ3v) is 3.92. The Morgan fingerprint density at radius 3 is 2.38 bits per heavy atom. The number of benzene rings is 1. The van der Waals surface area contributed by atoms with Gasteiger partial charge in [0.2, 0.25) is 0 Å². The number of halogens is 1. The van der Waals surface area contributed by atoms with Gasteiger partial charge in [-0.05, 0) is 24.6 Å². The highest BCUT2D eigenvalue weighted by molar-refractivity contribution is 14.0. The van der Waals surface area contributed by atoms with Crippen molar-refractivity contribution in [2.75, 3.05) is 13.6 Å². The average Bonchev–Trinajstić information content (AvgIpc) is 2.56. The Labute approximate surface area is 162 Å². The second-order valence-electron chi connectivity index (χ2n) is 6.35. The fourth-order valence-corrected chi connectivity index (χ4v) is 2.31. The summed E-state index contributed by atoms with van der Waals surface area (Å²) in [7, 11) is 1.78. The van der Waals surface area contributed by atoms with Gasteiger partial charge in [0.25, 0.3) is 0 Å². The number of aryl methyl sites for hydroxylation is 1. The highest BCUT2D eigenvalue weighted by Crippen LogP contribution is 2.22. The largest absolute Gasteiger partial charge is 0.356 e. The molecule has 0 spiro atoms. The lowest BCUT2D eigenvalue weighted by Gasteiger charge is -2.27. The molecule has 2 N–H and O–H groups in total. The van der Waals surface area contributed by atoms with E-state index in [9.17, 15) is 0 Å². The Kier molecular flexibility index (Phi) is 8.18. The Balaban J connectivity index is 0.00000288. The molecule has 0 fully saturated rings. The van der Waals surface area contributed by atoms with Crippen LogP contribution in [0.1, 0.15) is 30.7 Å². The molecule has 0 aliphatic heterocycles.